The van der Waals surface area contributed by atoms with Crippen LogP contribution in [0.4, 0.5) is 4.39 Å². The predicted molar refractivity (Wildman–Crippen MR) is 103 cm³/mol. The molecule has 0 amide bonds. The van der Waals surface area contributed by atoms with Crippen molar-refractivity contribution >= 4 is 20.9 Å². The quantitative estimate of drug-likeness (QED) is 0.437. The van der Waals surface area contributed by atoms with E-state index >= 15 is 0 Å². The van der Waals surface area contributed by atoms with Gasteiger partial charge in [-0.05, 0) is 52.6 Å². The lowest BCUT2D eigenvalue weighted by Gasteiger charge is -2.13. The lowest BCUT2D eigenvalue weighted by Crippen LogP contribution is -2.28. The Labute approximate surface area is 165 Å². The predicted octanol–water partition coefficient (Wildman–Crippen LogP) is 1.51. The second-order valence-electron chi connectivity index (χ2n) is 6.49. The number of rotatable bonds is 6. The molecule has 0 unspecified atom stereocenters. The van der Waals surface area contributed by atoms with Crippen molar-refractivity contribution in [2.24, 2.45) is 7.05 Å². The first-order valence-electron chi connectivity index (χ1n) is 8.61. The molecule has 11 heteroatoms. The van der Waals surface area contributed by atoms with E-state index in [-0.39, 0.29) is 22.8 Å². The van der Waals surface area contributed by atoms with E-state index in [0.717, 1.165) is 29.1 Å². The number of H-pyrrole nitrogens is 1. The summed E-state index contributed by atoms with van der Waals surface area (Å²) in [7, 11) is -2.08. The topological polar surface area (TPSA) is 126 Å². The molecule has 29 heavy (non-hydrogen) atoms. The van der Waals surface area contributed by atoms with Crippen LogP contribution in [0.15, 0.2) is 53.6 Å². The number of hydrogen-bond acceptors (Lipinski definition) is 6. The molecule has 0 saturated carbocycles. The van der Waals surface area contributed by atoms with Crippen molar-refractivity contribution in [1.82, 2.24) is 29.9 Å². The lowest BCUT2D eigenvalue weighted by molar-refractivity contribution is 0.182. The summed E-state index contributed by atoms with van der Waals surface area (Å²) in [6.45, 7) is -0.240. The maximum absolute atomic E-state index is 14.0. The van der Waals surface area contributed by atoms with Crippen molar-refractivity contribution in [2.45, 2.75) is 11.0 Å². The molecule has 0 saturated heterocycles. The average molecular weight is 416 g/mol. The number of benzene rings is 2. The number of halogens is 1. The molecule has 0 aliphatic carbocycles. The first-order chi connectivity index (χ1) is 13.8. The van der Waals surface area contributed by atoms with E-state index in [0.29, 0.717) is 5.56 Å². The van der Waals surface area contributed by atoms with Gasteiger partial charge in [0.1, 0.15) is 5.82 Å². The van der Waals surface area contributed by atoms with Crippen LogP contribution in [0.5, 0.6) is 0 Å². The largest absolute Gasteiger partial charge is 0.387 e. The number of nitrogens with one attached hydrogen (secondary N) is 2. The van der Waals surface area contributed by atoms with E-state index < -0.39 is 21.9 Å². The second kappa shape index (κ2) is 7.35. The molecular weight excluding hydrogens is 399 g/mol. The smallest absolute Gasteiger partial charge is 0.240 e. The van der Waals surface area contributed by atoms with Crippen LogP contribution in [0, 0.1) is 5.82 Å². The fourth-order valence-corrected chi connectivity index (χ4v) is 4.08. The highest BCUT2D eigenvalue weighted by Gasteiger charge is 2.20. The van der Waals surface area contributed by atoms with Gasteiger partial charge in [-0.15, -0.1) is 10.2 Å². The van der Waals surface area contributed by atoms with Crippen LogP contribution in [-0.2, 0) is 17.1 Å². The monoisotopic (exact) mass is 416 g/mol. The van der Waals surface area contributed by atoms with E-state index in [9.17, 15) is 17.9 Å². The minimum absolute atomic E-state index is 0.0595. The average Bonchev–Trinajstić information content (AvgIpc) is 3.36. The maximum Gasteiger partial charge on any atom is 0.240 e. The molecule has 0 aliphatic rings. The summed E-state index contributed by atoms with van der Waals surface area (Å²) >= 11 is 0. The minimum Gasteiger partial charge on any atom is -0.387 e. The van der Waals surface area contributed by atoms with Crippen molar-refractivity contribution in [3.05, 3.63) is 60.0 Å². The highest BCUT2D eigenvalue weighted by atomic mass is 32.2. The maximum atomic E-state index is 14.0. The Morgan fingerprint density at radius 2 is 2.07 bits per heavy atom. The third kappa shape index (κ3) is 3.75. The number of aryl methyl sites for hydroxylation is 1. The Morgan fingerprint density at radius 3 is 2.83 bits per heavy atom. The van der Waals surface area contributed by atoms with Crippen molar-refractivity contribution < 1.29 is 17.9 Å². The standard InChI is InChI=1S/C18H17FN6O3S/c1-25-7-6-11-8-12(2-5-16(11)25)17(26)10-20-29(27,28)13-3-4-15(19)14(9-13)18-21-23-24-22-18/h2-9,17,20,26H,10H2,1H3,(H,21,22,23,24)/t17-/m1/s1. The number of sulfonamides is 1. The lowest BCUT2D eigenvalue weighted by atomic mass is 10.1. The molecule has 4 rings (SSSR count). The number of aromatic nitrogens is 5. The SMILES string of the molecule is Cn1ccc2cc([C@H](O)CNS(=O)(=O)c3ccc(F)c(-c4nn[nH]n4)c3)ccc21. The highest BCUT2D eigenvalue weighted by Crippen LogP contribution is 2.24. The first kappa shape index (κ1) is 19.2. The number of nitrogens with zero attached hydrogens (tertiary/aromatic N) is 4. The summed E-state index contributed by atoms with van der Waals surface area (Å²) < 4.78 is 43.5. The summed E-state index contributed by atoms with van der Waals surface area (Å²) in [6, 6.07) is 10.6. The molecule has 0 aliphatic heterocycles. The van der Waals surface area contributed by atoms with E-state index in [4.69, 9.17) is 0 Å². The van der Waals surface area contributed by atoms with Gasteiger partial charge in [-0.25, -0.2) is 17.5 Å². The molecule has 9 nitrogen and oxygen atoms in total. The summed E-state index contributed by atoms with van der Waals surface area (Å²) in [5.41, 5.74) is 1.48. The number of aromatic amines is 1. The summed E-state index contributed by atoms with van der Waals surface area (Å²) in [5, 5.41) is 24.2. The zero-order valence-electron chi connectivity index (χ0n) is 15.2. The molecule has 3 N–H and O–H groups in total. The van der Waals surface area contributed by atoms with Gasteiger partial charge in [-0.2, -0.15) is 5.21 Å². The summed E-state index contributed by atoms with van der Waals surface area (Å²) in [6.07, 6.45) is 0.853. The van der Waals surface area contributed by atoms with E-state index in [1.807, 2.05) is 29.9 Å². The first-order valence-corrected chi connectivity index (χ1v) is 10.1. The van der Waals surface area contributed by atoms with Gasteiger partial charge in [0.15, 0.2) is 0 Å². The number of aliphatic hydroxyl groups is 1. The molecule has 2 aromatic carbocycles. The molecule has 0 fully saturated rings. The van der Waals surface area contributed by atoms with Crippen molar-refractivity contribution in [3.63, 3.8) is 0 Å². The Kier molecular flexibility index (Phi) is 4.86. The van der Waals surface area contributed by atoms with Crippen LogP contribution >= 0.6 is 0 Å². The Morgan fingerprint density at radius 1 is 1.24 bits per heavy atom. The third-order valence-corrected chi connectivity index (χ3v) is 6.02. The van der Waals surface area contributed by atoms with Gasteiger partial charge in [-0.3, -0.25) is 0 Å². The van der Waals surface area contributed by atoms with Crippen LogP contribution in [0.3, 0.4) is 0 Å². The Hall–Kier alpha value is -3.15. The molecule has 0 spiro atoms. The van der Waals surface area contributed by atoms with E-state index in [2.05, 4.69) is 25.3 Å². The van der Waals surface area contributed by atoms with Crippen LogP contribution in [-0.4, -0.2) is 45.3 Å². The Balaban J connectivity index is 1.53. The van der Waals surface area contributed by atoms with Crippen molar-refractivity contribution in [3.8, 4) is 11.4 Å². The summed E-state index contributed by atoms with van der Waals surface area (Å²) in [5.74, 6) is -0.739. The molecule has 150 valence electrons. The third-order valence-electron chi connectivity index (χ3n) is 4.60. The van der Waals surface area contributed by atoms with Crippen molar-refractivity contribution in [1.29, 1.82) is 0 Å². The highest BCUT2D eigenvalue weighted by molar-refractivity contribution is 7.89. The zero-order chi connectivity index (χ0) is 20.6. The fraction of sp³-hybridized carbons (Fsp3) is 0.167. The zero-order valence-corrected chi connectivity index (χ0v) is 16.1. The molecule has 2 aromatic heterocycles. The van der Waals surface area contributed by atoms with Gasteiger partial charge in [0.05, 0.1) is 16.6 Å². The van der Waals surface area contributed by atoms with E-state index in [1.54, 1.807) is 12.1 Å². The molecule has 1 atom stereocenters. The van der Waals surface area contributed by atoms with Gasteiger partial charge in [0, 0.05) is 25.3 Å². The van der Waals surface area contributed by atoms with Crippen molar-refractivity contribution in [2.75, 3.05) is 6.54 Å². The normalized spacial score (nSPS) is 13.1. The van der Waals surface area contributed by atoms with Gasteiger partial charge < -0.3 is 9.67 Å². The van der Waals surface area contributed by atoms with Crippen LogP contribution in [0.25, 0.3) is 22.3 Å². The molecular formula is C18H17FN6O3S. The van der Waals surface area contributed by atoms with Crippen LogP contribution in [0.2, 0.25) is 0 Å². The number of fused-ring (bicyclic) bond motifs is 1. The van der Waals surface area contributed by atoms with Gasteiger partial charge in [-0.1, -0.05) is 6.07 Å². The van der Waals surface area contributed by atoms with Gasteiger partial charge in [0.2, 0.25) is 15.8 Å². The molecule has 0 radical (unpaired) electrons. The Bertz CT molecular complexity index is 1270. The minimum atomic E-state index is -4.00. The molecule has 0 bridgehead atoms. The number of tetrazole rings is 1. The van der Waals surface area contributed by atoms with Gasteiger partial charge >= 0.3 is 0 Å². The van der Waals surface area contributed by atoms with Crippen LogP contribution in [0.1, 0.15) is 11.7 Å². The van der Waals surface area contributed by atoms with Gasteiger partial charge in [0.25, 0.3) is 0 Å². The number of hydrogen-bond donors (Lipinski definition) is 3. The van der Waals surface area contributed by atoms with E-state index in [1.165, 1.54) is 0 Å². The molecule has 4 aromatic rings. The summed E-state index contributed by atoms with van der Waals surface area (Å²) in [4.78, 5) is -0.176. The van der Waals surface area contributed by atoms with Crippen LogP contribution < -0.4 is 4.72 Å². The molecule has 2 heterocycles. The number of aliphatic hydroxyl groups excluding tert-OH is 1. The second-order valence-corrected chi connectivity index (χ2v) is 8.26. The fourth-order valence-electron chi connectivity index (χ4n) is 3.02.